The van der Waals surface area contributed by atoms with Gasteiger partial charge >= 0.3 is 195 Å². The maximum atomic E-state index is 14.4. The van der Waals surface area contributed by atoms with Crippen LogP contribution in [0, 0.1) is 29.1 Å². The Balaban J connectivity index is 2.02. The van der Waals surface area contributed by atoms with Crippen LogP contribution in [0.25, 0.3) is 9.75 Å². The Bertz CT molecular complexity index is 1170. The van der Waals surface area contributed by atoms with Gasteiger partial charge in [-0.25, -0.2) is 0 Å². The molecule has 0 spiro atoms. The van der Waals surface area contributed by atoms with Gasteiger partial charge in [0.05, 0.1) is 0 Å². The van der Waals surface area contributed by atoms with E-state index in [2.05, 4.69) is 34.6 Å². The minimum absolute atomic E-state index is 0.296. The summed E-state index contributed by atoms with van der Waals surface area (Å²) in [6.45, 7) is 0. The number of benzene rings is 1. The predicted octanol–water partition coefficient (Wildman–Crippen LogP) is 6.75. The fourth-order valence-electron chi connectivity index (χ4n) is 3.28. The van der Waals surface area contributed by atoms with Gasteiger partial charge in [-0.1, -0.05) is 0 Å². The van der Waals surface area contributed by atoms with Crippen molar-refractivity contribution in [3.63, 3.8) is 0 Å². The van der Waals surface area contributed by atoms with Gasteiger partial charge in [0.2, 0.25) is 0 Å². The van der Waals surface area contributed by atoms with Crippen LogP contribution in [0.3, 0.4) is 0 Å². The Morgan fingerprint density at radius 3 is 1.32 bits per heavy atom. The monoisotopic (exact) mass is 685 g/mol. The average molecular weight is 683 g/mol. The topological polar surface area (TPSA) is 12.4 Å². The number of nitrogens with zero attached hydrogens (tertiary/aromatic N) is 1. The van der Waals surface area contributed by atoms with Gasteiger partial charge in [-0.3, -0.25) is 0 Å². The first kappa shape index (κ1) is 23.7. The second kappa shape index (κ2) is 7.80. The molecule has 0 fully saturated rings. The third kappa shape index (κ3) is 3.93. The van der Waals surface area contributed by atoms with E-state index in [1.807, 2.05) is 12.1 Å². The fourth-order valence-corrected chi connectivity index (χ4v) is 16.2. The molecule has 3 aromatic rings. The van der Waals surface area contributed by atoms with Crippen molar-refractivity contribution in [1.82, 2.24) is 0 Å². The molecule has 164 valence electrons. The van der Waals surface area contributed by atoms with Crippen molar-refractivity contribution in [2.75, 3.05) is 0 Å². The number of halogens is 5. The molecule has 0 saturated heterocycles. The van der Waals surface area contributed by atoms with E-state index < -0.39 is 71.5 Å². The van der Waals surface area contributed by atoms with Gasteiger partial charge in [-0.2, -0.15) is 0 Å². The molecule has 2 aromatic heterocycles. The zero-order chi connectivity index (χ0) is 23.0. The molecule has 1 aromatic carbocycles. The molecule has 1 nitrogen and oxygen atoms in total. The Kier molecular flexibility index (Phi) is 5.96. The van der Waals surface area contributed by atoms with Crippen molar-refractivity contribution in [2.45, 2.75) is 29.6 Å². The third-order valence-corrected chi connectivity index (χ3v) is 26.4. The van der Waals surface area contributed by atoms with Crippen molar-refractivity contribution in [3.8, 4) is 9.75 Å². The molecule has 10 heteroatoms. The Morgan fingerprint density at radius 1 is 0.613 bits per heavy atom. The van der Waals surface area contributed by atoms with Crippen molar-refractivity contribution in [1.29, 1.82) is 0 Å². The van der Waals surface area contributed by atoms with E-state index in [1.54, 1.807) is 22.7 Å². The standard InChI is InChI=1S/C15H2F5NS2.6CH3.2Sn/c16-7-8(17)10(19)13(11(20)9(7)18)21-12-5-1-3-22-14(5)15-6(12)2-4-23-15;;;;;;;;/h1-2H;6*1H3;;. The van der Waals surface area contributed by atoms with Crippen molar-refractivity contribution < 1.29 is 22.0 Å². The number of hydrogen-bond donors (Lipinski definition) is 0. The van der Waals surface area contributed by atoms with Gasteiger partial charge in [0, 0.05) is 0 Å². The normalized spacial score (nSPS) is 13.6. The van der Waals surface area contributed by atoms with Gasteiger partial charge < -0.3 is 0 Å². The van der Waals surface area contributed by atoms with Crippen LogP contribution < -0.4 is 5.79 Å². The fraction of sp³-hybridized carbons (Fsp3) is 0.286. The van der Waals surface area contributed by atoms with E-state index in [1.165, 1.54) is 5.79 Å². The van der Waals surface area contributed by atoms with Gasteiger partial charge in [-0.15, -0.1) is 0 Å². The predicted molar refractivity (Wildman–Crippen MR) is 125 cm³/mol. The number of rotatable bonds is 3. The average Bonchev–Trinajstić information content (AvgIpc) is 3.33. The van der Waals surface area contributed by atoms with Gasteiger partial charge in [0.25, 0.3) is 0 Å². The molecule has 1 aliphatic carbocycles. The zero-order valence-electron chi connectivity index (χ0n) is 17.8. The van der Waals surface area contributed by atoms with E-state index in [0.29, 0.717) is 5.71 Å². The van der Waals surface area contributed by atoms with Crippen LogP contribution in [0.15, 0.2) is 17.1 Å². The molecule has 0 unspecified atom stereocenters. The molecule has 0 amide bonds. The Morgan fingerprint density at radius 2 is 0.968 bits per heavy atom. The summed E-state index contributed by atoms with van der Waals surface area (Å²) < 4.78 is 72.4. The molecule has 1 aliphatic rings. The van der Waals surface area contributed by atoms with Crippen molar-refractivity contribution in [2.24, 2.45) is 4.99 Å². The quantitative estimate of drug-likeness (QED) is 0.0983. The maximum absolute atomic E-state index is 14.4. The van der Waals surface area contributed by atoms with Crippen LogP contribution in [-0.2, 0) is 0 Å². The summed E-state index contributed by atoms with van der Waals surface area (Å²) in [5.41, 5.74) is 0.619. The first-order chi connectivity index (χ1) is 14.2. The molecule has 2 heterocycles. The molecule has 4 rings (SSSR count). The molecule has 0 N–H and O–H groups in total. The second-order valence-corrected chi connectivity index (χ2v) is 42.5. The van der Waals surface area contributed by atoms with Gasteiger partial charge in [0.15, 0.2) is 0 Å². The zero-order valence-corrected chi connectivity index (χ0v) is 25.1. The van der Waals surface area contributed by atoms with Crippen LogP contribution >= 0.6 is 22.7 Å². The van der Waals surface area contributed by atoms with E-state index in [-0.39, 0.29) is 0 Å². The number of hydrogen-bond acceptors (Lipinski definition) is 3. The summed E-state index contributed by atoms with van der Waals surface area (Å²) in [5.74, 6) is -9.95. The molecule has 0 atom stereocenters. The van der Waals surface area contributed by atoms with Gasteiger partial charge in [-0.05, 0) is 0 Å². The van der Waals surface area contributed by atoms with Crippen molar-refractivity contribution in [3.05, 3.63) is 52.3 Å². The summed E-state index contributed by atoms with van der Waals surface area (Å²) in [6.07, 6.45) is 0. The van der Waals surface area contributed by atoms with Crippen molar-refractivity contribution >= 4 is 76.6 Å². The van der Waals surface area contributed by atoms with Crippen LogP contribution in [0.4, 0.5) is 27.6 Å². The van der Waals surface area contributed by atoms with Crippen LogP contribution in [0.1, 0.15) is 11.1 Å². The number of fused-ring (bicyclic) bond motifs is 3. The summed E-state index contributed by atoms with van der Waals surface area (Å²) >= 11 is -1.57. The number of aliphatic imine (C=N–C) groups is 1. The van der Waals surface area contributed by atoms with Gasteiger partial charge in [0.1, 0.15) is 0 Å². The summed E-state index contributed by atoms with van der Waals surface area (Å²) in [7, 11) is 0. The molecular formula is C21H20F5NS2Sn2. The Labute approximate surface area is 193 Å². The molecular weight excluding hydrogens is 663 g/mol. The second-order valence-electron chi connectivity index (χ2n) is 9.59. The summed E-state index contributed by atoms with van der Waals surface area (Å²) in [6, 6.07) is 4.02. The van der Waals surface area contributed by atoms with Crippen LogP contribution in [0.5, 0.6) is 0 Å². The molecule has 0 saturated carbocycles. The Hall–Kier alpha value is -0.463. The molecule has 0 radical (unpaired) electrons. The molecule has 31 heavy (non-hydrogen) atoms. The summed E-state index contributed by atoms with van der Waals surface area (Å²) in [4.78, 5) is 19.7. The van der Waals surface area contributed by atoms with E-state index in [4.69, 9.17) is 0 Å². The SMILES string of the molecule is [CH3][Sn]([CH3])([CH3])[c]1cc2c(s1)-c1s[c]([Sn]([CH3])([CH3])[CH3])cc1C2=Nc1c(F)c(F)c(F)c(F)c1F. The first-order valence-corrected chi connectivity index (χ1v) is 31.2. The van der Waals surface area contributed by atoms with E-state index in [9.17, 15) is 22.0 Å². The van der Waals surface area contributed by atoms with E-state index >= 15 is 0 Å². The van der Waals surface area contributed by atoms with E-state index in [0.717, 1.165) is 20.9 Å². The number of thiophene rings is 2. The van der Waals surface area contributed by atoms with Crippen LogP contribution in [0.2, 0.25) is 29.6 Å². The summed E-state index contributed by atoms with van der Waals surface area (Å²) in [5, 5.41) is 0. The molecule has 0 bridgehead atoms. The minimum atomic E-state index is -2.46. The first-order valence-electron chi connectivity index (χ1n) is 9.61. The van der Waals surface area contributed by atoms with Crippen LogP contribution in [-0.4, -0.2) is 42.5 Å². The third-order valence-electron chi connectivity index (χ3n) is 5.07. The molecule has 0 aliphatic heterocycles.